The molecular weight excluding hydrogens is 677 g/mol. The van der Waals surface area contributed by atoms with Crippen LogP contribution in [0.1, 0.15) is 79.9 Å². The van der Waals surface area contributed by atoms with E-state index < -0.39 is 40.3 Å². The van der Waals surface area contributed by atoms with Gasteiger partial charge in [-0.1, -0.05) is 12.1 Å². The van der Waals surface area contributed by atoms with Gasteiger partial charge in [-0.05, 0) is 91.7 Å². The number of anilines is 1. The molecule has 0 aromatic heterocycles. The highest BCUT2D eigenvalue weighted by atomic mass is 19.1. The lowest BCUT2D eigenvalue weighted by Gasteiger charge is -2.30. The van der Waals surface area contributed by atoms with E-state index in [2.05, 4.69) is 5.32 Å². The Bertz CT molecular complexity index is 1770. The average Bonchev–Trinajstić information content (AvgIpc) is 3.58. The zero-order chi connectivity index (χ0) is 37.4. The van der Waals surface area contributed by atoms with Gasteiger partial charge in [-0.25, -0.2) is 9.18 Å². The lowest BCUT2D eigenvalue weighted by atomic mass is 9.99. The van der Waals surface area contributed by atoms with Crippen molar-refractivity contribution in [3.63, 3.8) is 0 Å². The summed E-state index contributed by atoms with van der Waals surface area (Å²) in [7, 11) is 2.93. The molecular formula is C38H45FN3O10+. The molecule has 2 aliphatic rings. The maximum absolute atomic E-state index is 15.9. The minimum absolute atomic E-state index is 0.00927. The predicted molar refractivity (Wildman–Crippen MR) is 187 cm³/mol. The van der Waals surface area contributed by atoms with E-state index in [-0.39, 0.29) is 49.1 Å². The number of ether oxygens (including phenoxy) is 4. The number of hydrogen-bond donors (Lipinski definition) is 2. The second kappa shape index (κ2) is 17.0. The highest BCUT2D eigenvalue weighted by Gasteiger charge is 2.47. The summed E-state index contributed by atoms with van der Waals surface area (Å²) in [4.78, 5) is 60.8. The molecule has 2 saturated heterocycles. The van der Waals surface area contributed by atoms with Crippen molar-refractivity contribution >= 4 is 29.4 Å². The Morgan fingerprint density at radius 1 is 0.865 bits per heavy atom. The molecule has 2 aliphatic heterocycles. The molecule has 0 spiro atoms. The van der Waals surface area contributed by atoms with Gasteiger partial charge >= 0.3 is 12.1 Å². The number of quaternary nitrogens is 1. The number of amides is 2. The topological polar surface area (TPSA) is 150 Å². The van der Waals surface area contributed by atoms with Crippen molar-refractivity contribution in [2.24, 2.45) is 0 Å². The molecule has 0 bridgehead atoms. The van der Waals surface area contributed by atoms with E-state index >= 15 is 4.39 Å². The number of methoxy groups -OCH3 is 2. The Morgan fingerprint density at radius 3 is 2.13 bits per heavy atom. The Labute approximate surface area is 301 Å². The molecule has 5 rings (SSSR count). The molecule has 2 heterocycles. The third-order valence-electron chi connectivity index (χ3n) is 9.29. The summed E-state index contributed by atoms with van der Waals surface area (Å²) in [5.41, 5.74) is 1.97. The first-order valence-corrected chi connectivity index (χ1v) is 17.2. The van der Waals surface area contributed by atoms with Gasteiger partial charge in [0.05, 0.1) is 17.3 Å². The Morgan fingerprint density at radius 2 is 1.50 bits per heavy atom. The molecule has 3 aromatic rings. The summed E-state index contributed by atoms with van der Waals surface area (Å²) in [6.45, 7) is 4.62. The van der Waals surface area contributed by atoms with E-state index in [1.807, 2.05) is 18.7 Å². The molecule has 2 fully saturated rings. The fourth-order valence-corrected chi connectivity index (χ4v) is 6.72. The number of hydrogen-bond acceptors (Lipinski definition) is 10. The third-order valence-corrected chi connectivity index (χ3v) is 9.29. The van der Waals surface area contributed by atoms with Crippen molar-refractivity contribution in [3.8, 4) is 11.5 Å². The van der Waals surface area contributed by atoms with Gasteiger partial charge in [0, 0.05) is 44.9 Å². The summed E-state index contributed by atoms with van der Waals surface area (Å²) in [6.07, 6.45) is 1.95. The van der Waals surface area contributed by atoms with E-state index in [9.17, 15) is 24.3 Å². The van der Waals surface area contributed by atoms with Crippen LogP contribution in [0.5, 0.6) is 11.5 Å². The second-order valence-corrected chi connectivity index (χ2v) is 13.0. The molecule has 0 aliphatic carbocycles. The van der Waals surface area contributed by atoms with Crippen LogP contribution in [0.4, 0.5) is 14.9 Å². The van der Waals surface area contributed by atoms with Gasteiger partial charge in [0.1, 0.15) is 23.6 Å². The Hall–Kier alpha value is -5.05. The predicted octanol–water partition coefficient (Wildman–Crippen LogP) is 5.79. The van der Waals surface area contributed by atoms with Crippen molar-refractivity contribution in [1.29, 1.82) is 0 Å². The lowest BCUT2D eigenvalue weighted by molar-refractivity contribution is -1.03. The maximum Gasteiger partial charge on any atom is 0.556 e. The SMILES string of the molecule is COCOc1ccc(N2CCCC2)c(F)c1C(=O)c1ccc(C(=O)O[N+]2(C(=O)O)CCCCC(NC(=O)c3cc(C)c(OCOC)c(C)c3)C2)cc1. The van der Waals surface area contributed by atoms with Crippen molar-refractivity contribution in [1.82, 2.24) is 5.32 Å². The minimum atomic E-state index is -1.38. The van der Waals surface area contributed by atoms with Crippen molar-refractivity contribution < 1.29 is 57.1 Å². The quantitative estimate of drug-likeness (QED) is 0.133. The number of aryl methyl sites for hydroxylation is 2. The van der Waals surface area contributed by atoms with Crippen LogP contribution in [0, 0.1) is 19.7 Å². The second-order valence-electron chi connectivity index (χ2n) is 13.0. The highest BCUT2D eigenvalue weighted by Crippen LogP contribution is 2.34. The summed E-state index contributed by atoms with van der Waals surface area (Å²) >= 11 is 0. The zero-order valence-electron chi connectivity index (χ0n) is 29.9. The maximum atomic E-state index is 15.9. The van der Waals surface area contributed by atoms with Gasteiger partial charge in [0.2, 0.25) is 0 Å². The number of carbonyl (C=O) groups is 4. The molecule has 14 heteroatoms. The van der Waals surface area contributed by atoms with Crippen LogP contribution in [-0.4, -0.2) is 93.5 Å². The van der Waals surface area contributed by atoms with Crippen LogP contribution >= 0.6 is 0 Å². The van der Waals surface area contributed by atoms with Crippen molar-refractivity contribution in [3.05, 3.63) is 87.7 Å². The minimum Gasteiger partial charge on any atom is -0.467 e. The van der Waals surface area contributed by atoms with E-state index in [4.69, 9.17) is 23.8 Å². The van der Waals surface area contributed by atoms with E-state index in [1.165, 1.54) is 44.6 Å². The van der Waals surface area contributed by atoms with Crippen LogP contribution in [0.2, 0.25) is 0 Å². The van der Waals surface area contributed by atoms with E-state index in [0.29, 0.717) is 49.4 Å². The number of rotatable bonds is 12. The van der Waals surface area contributed by atoms with E-state index in [1.54, 1.807) is 18.2 Å². The number of hydroxylamine groups is 3. The molecule has 2 amide bonds. The largest absolute Gasteiger partial charge is 0.556 e. The third kappa shape index (κ3) is 8.52. The van der Waals surface area contributed by atoms with Gasteiger partial charge in [-0.15, -0.1) is 0 Å². The number of carboxylic acid groups (broad SMARTS) is 1. The number of nitrogens with one attached hydrogen (secondary N) is 1. The summed E-state index contributed by atoms with van der Waals surface area (Å²) in [6, 6.07) is 11.2. The van der Waals surface area contributed by atoms with E-state index in [0.717, 1.165) is 24.0 Å². The molecule has 0 saturated carbocycles. The Kier molecular flexibility index (Phi) is 12.5. The van der Waals surface area contributed by atoms with Crippen molar-refractivity contribution in [2.75, 3.05) is 58.9 Å². The molecule has 52 heavy (non-hydrogen) atoms. The van der Waals surface area contributed by atoms with Crippen LogP contribution in [-0.2, 0) is 14.3 Å². The summed E-state index contributed by atoms with van der Waals surface area (Å²) < 4.78 is 36.0. The number of benzene rings is 3. The number of nitrogens with zero attached hydrogens (tertiary/aromatic N) is 2. The highest BCUT2D eigenvalue weighted by molar-refractivity contribution is 6.11. The molecule has 2 unspecified atom stereocenters. The summed E-state index contributed by atoms with van der Waals surface area (Å²) in [5.74, 6) is -2.07. The zero-order valence-corrected chi connectivity index (χ0v) is 29.9. The number of likely N-dealkylation sites (tertiary alicyclic amines) is 1. The van der Waals surface area contributed by atoms with Crippen LogP contribution in [0.15, 0.2) is 48.5 Å². The molecule has 13 nitrogen and oxygen atoms in total. The average molecular weight is 723 g/mol. The van der Waals surface area contributed by atoms with Gasteiger partial charge in [0.25, 0.3) is 5.91 Å². The number of carbonyl (C=O) groups excluding carboxylic acids is 3. The Balaban J connectivity index is 1.32. The van der Waals surface area contributed by atoms with Gasteiger partial charge in [-0.3, -0.25) is 14.4 Å². The fourth-order valence-electron chi connectivity index (χ4n) is 6.72. The first kappa shape index (κ1) is 38.2. The molecule has 278 valence electrons. The van der Waals surface area contributed by atoms with Crippen LogP contribution in [0.3, 0.4) is 0 Å². The normalized spacial score (nSPS) is 18.7. The van der Waals surface area contributed by atoms with Gasteiger partial charge < -0.3 is 34.3 Å². The fraction of sp³-hybridized carbons (Fsp3) is 0.421. The first-order valence-electron chi connectivity index (χ1n) is 17.2. The number of halogens is 1. The van der Waals surface area contributed by atoms with Gasteiger partial charge in [-0.2, -0.15) is 4.79 Å². The monoisotopic (exact) mass is 722 g/mol. The lowest BCUT2D eigenvalue weighted by Crippen LogP contribution is -2.58. The standard InChI is InChI=1S/C38H44FN3O10/c1-24-19-28(20-25(2)35(24)51-23-49-4)36(44)40-29-9-5-8-18-42(21-29,38(46)47)52-37(45)27-12-10-26(11-13-27)34(43)32-31(50-22-48-3)15-14-30(33(32)39)41-16-6-7-17-41/h10-15,19-20,29H,5-9,16-18,21-23H2,1-4H3,(H-,40,44,46,47)/p+1. The molecule has 2 atom stereocenters. The number of ketones is 1. The molecule has 3 aromatic carbocycles. The van der Waals surface area contributed by atoms with Gasteiger partial charge in [0.15, 0.2) is 31.7 Å². The molecule has 0 radical (unpaired) electrons. The smallest absolute Gasteiger partial charge is 0.467 e. The first-order chi connectivity index (χ1) is 25.0. The van der Waals surface area contributed by atoms with Crippen LogP contribution in [0.25, 0.3) is 0 Å². The summed E-state index contributed by atoms with van der Waals surface area (Å²) in [5, 5.41) is 13.3. The molecule has 2 N–H and O–H groups in total. The van der Waals surface area contributed by atoms with Crippen LogP contribution < -0.4 is 19.7 Å². The van der Waals surface area contributed by atoms with Crippen molar-refractivity contribution in [2.45, 2.75) is 52.0 Å².